The first kappa shape index (κ1) is 27.7. The largest absolute Gasteiger partial charge is 0.296 e. The van der Waals surface area contributed by atoms with Gasteiger partial charge in [0.2, 0.25) is 0 Å². The Morgan fingerprint density at radius 2 is 1.05 bits per heavy atom. The third kappa shape index (κ3) is 5.71. The van der Waals surface area contributed by atoms with E-state index < -0.39 is 65.7 Å². The van der Waals surface area contributed by atoms with E-state index in [9.17, 15) is 51.9 Å². The maximum absolute atomic E-state index is 12.0. The fourth-order valence-corrected chi connectivity index (χ4v) is 6.01. The lowest BCUT2D eigenvalue weighted by atomic mass is 10.1. The molecule has 200 valence electrons. The van der Waals surface area contributed by atoms with Gasteiger partial charge in [0.15, 0.2) is 0 Å². The van der Waals surface area contributed by atoms with Crippen LogP contribution in [0.3, 0.4) is 0 Å². The van der Waals surface area contributed by atoms with E-state index in [0.717, 1.165) is 36.4 Å². The van der Waals surface area contributed by atoms with Gasteiger partial charge < -0.3 is 0 Å². The summed E-state index contributed by atoms with van der Waals surface area (Å²) < 4.78 is 131. The van der Waals surface area contributed by atoms with Crippen molar-refractivity contribution >= 4 is 73.4 Å². The number of benzene rings is 4. The quantitative estimate of drug-likeness (QED) is 0.183. The summed E-state index contributed by atoms with van der Waals surface area (Å²) in [7, 11) is -19.3. The van der Waals surface area contributed by atoms with E-state index in [1.807, 2.05) is 0 Å². The summed E-state index contributed by atoms with van der Waals surface area (Å²) in [6.45, 7) is 0. The predicted molar refractivity (Wildman–Crippen MR) is 131 cm³/mol. The monoisotopic (exact) mass is 602 g/mol. The Bertz CT molecular complexity index is 2120. The van der Waals surface area contributed by atoms with Crippen LogP contribution in [-0.4, -0.2) is 51.9 Å². The van der Waals surface area contributed by atoms with E-state index in [-0.39, 0.29) is 27.2 Å². The topological polar surface area (TPSA) is 242 Å². The van der Waals surface area contributed by atoms with E-state index in [4.69, 9.17) is 0 Å². The van der Waals surface area contributed by atoms with Crippen molar-refractivity contribution in [2.45, 2.75) is 19.6 Å². The number of azo groups is 1. The van der Waals surface area contributed by atoms with Crippen LogP contribution in [0.2, 0.25) is 0 Å². The second-order valence-corrected chi connectivity index (χ2v) is 13.4. The first-order valence-electron chi connectivity index (χ1n) is 9.81. The number of fused-ring (bicyclic) bond motifs is 2. The van der Waals surface area contributed by atoms with Crippen molar-refractivity contribution < 1.29 is 51.9 Å². The average Bonchev–Trinajstić information content (AvgIpc) is 2.78. The molecule has 4 rings (SSSR count). The summed E-state index contributed by atoms with van der Waals surface area (Å²) in [5.41, 5.74) is -0.485. The van der Waals surface area contributed by atoms with Crippen molar-refractivity contribution in [3.05, 3.63) is 60.7 Å². The molecule has 0 saturated carbocycles. The van der Waals surface area contributed by atoms with Gasteiger partial charge in [-0.05, 0) is 64.7 Å². The highest BCUT2D eigenvalue weighted by atomic mass is 32.2. The lowest BCUT2D eigenvalue weighted by Crippen LogP contribution is -2.04. The summed E-state index contributed by atoms with van der Waals surface area (Å²) >= 11 is 0. The molecular weight excluding hydrogens is 588 g/mol. The summed E-state index contributed by atoms with van der Waals surface area (Å²) in [6, 6.07) is 10.3. The molecule has 0 aromatic heterocycles. The van der Waals surface area contributed by atoms with Gasteiger partial charge in [-0.3, -0.25) is 18.2 Å². The number of rotatable bonds is 6. The second-order valence-electron chi connectivity index (χ2n) is 7.76. The van der Waals surface area contributed by atoms with E-state index in [0.29, 0.717) is 6.07 Å². The maximum Gasteiger partial charge on any atom is 0.296 e. The molecule has 0 aliphatic rings. The Labute approximate surface area is 215 Å². The maximum atomic E-state index is 12.0. The summed E-state index contributed by atoms with van der Waals surface area (Å²) in [5, 5.41) is 7.66. The normalized spacial score (nSPS) is 13.5. The zero-order valence-electron chi connectivity index (χ0n) is 18.4. The lowest BCUT2D eigenvalue weighted by Gasteiger charge is -2.08. The SMILES string of the molecule is O=S(=O)(O)c1ccc2cc(N=Nc3ccc4cc(S(=O)(=O)O)cc(S(=O)(=O)O)c4c3)c(S(=O)(=O)O)cc2c1. The minimum absolute atomic E-state index is 0.0184. The molecule has 0 heterocycles. The zero-order valence-corrected chi connectivity index (χ0v) is 21.6. The molecule has 0 bridgehead atoms. The Hall–Kier alpha value is -3.36. The highest BCUT2D eigenvalue weighted by Crippen LogP contribution is 2.34. The van der Waals surface area contributed by atoms with Crippen molar-refractivity contribution in [2.75, 3.05) is 0 Å². The zero-order chi connectivity index (χ0) is 28.3. The third-order valence-corrected chi connectivity index (χ3v) is 8.65. The Morgan fingerprint density at radius 3 is 1.63 bits per heavy atom. The summed E-state index contributed by atoms with van der Waals surface area (Å²) in [6.07, 6.45) is 0. The van der Waals surface area contributed by atoms with Crippen molar-refractivity contribution in [1.82, 2.24) is 0 Å². The van der Waals surface area contributed by atoms with E-state index in [1.54, 1.807) is 0 Å². The van der Waals surface area contributed by atoms with Crippen LogP contribution in [0.1, 0.15) is 0 Å². The highest BCUT2D eigenvalue weighted by molar-refractivity contribution is 7.87. The molecule has 38 heavy (non-hydrogen) atoms. The Balaban J connectivity index is 1.89. The number of hydrogen-bond acceptors (Lipinski definition) is 10. The molecule has 0 fully saturated rings. The molecule has 0 atom stereocenters. The first-order chi connectivity index (χ1) is 17.3. The highest BCUT2D eigenvalue weighted by Gasteiger charge is 2.21. The Morgan fingerprint density at radius 1 is 0.474 bits per heavy atom. The summed E-state index contributed by atoms with van der Waals surface area (Å²) in [4.78, 5) is -2.95. The van der Waals surface area contributed by atoms with Gasteiger partial charge in [-0.2, -0.15) is 38.8 Å². The fraction of sp³-hybridized carbons (Fsp3) is 0. The van der Waals surface area contributed by atoms with Crippen LogP contribution >= 0.6 is 0 Å². The number of hydrogen-bond donors (Lipinski definition) is 4. The van der Waals surface area contributed by atoms with Crippen LogP contribution in [-0.2, 0) is 40.5 Å². The van der Waals surface area contributed by atoms with Gasteiger partial charge in [0.05, 0.1) is 15.5 Å². The van der Waals surface area contributed by atoms with Gasteiger partial charge in [-0.25, -0.2) is 0 Å². The van der Waals surface area contributed by atoms with E-state index in [1.165, 1.54) is 18.2 Å². The minimum atomic E-state index is -4.98. The fourth-order valence-electron chi connectivity index (χ4n) is 3.51. The third-order valence-electron chi connectivity index (χ3n) is 5.19. The number of nitrogens with zero attached hydrogens (tertiary/aromatic N) is 2. The van der Waals surface area contributed by atoms with Gasteiger partial charge in [0, 0.05) is 5.39 Å². The molecule has 0 spiro atoms. The predicted octanol–water partition coefficient (Wildman–Crippen LogP) is 3.40. The molecule has 0 saturated heterocycles. The van der Waals surface area contributed by atoms with Gasteiger partial charge in [0.25, 0.3) is 40.5 Å². The van der Waals surface area contributed by atoms with Gasteiger partial charge >= 0.3 is 0 Å². The van der Waals surface area contributed by atoms with Crippen LogP contribution in [0.25, 0.3) is 21.5 Å². The van der Waals surface area contributed by atoms with Crippen molar-refractivity contribution in [3.63, 3.8) is 0 Å². The molecule has 0 amide bonds. The Kier molecular flexibility index (Phi) is 6.65. The van der Waals surface area contributed by atoms with Gasteiger partial charge in [0.1, 0.15) is 15.5 Å². The summed E-state index contributed by atoms with van der Waals surface area (Å²) in [5.74, 6) is 0. The van der Waals surface area contributed by atoms with Crippen LogP contribution in [0.15, 0.2) is 90.5 Å². The van der Waals surface area contributed by atoms with Crippen LogP contribution in [0.4, 0.5) is 11.4 Å². The second kappa shape index (κ2) is 9.13. The molecule has 0 radical (unpaired) electrons. The van der Waals surface area contributed by atoms with Crippen molar-refractivity contribution in [2.24, 2.45) is 10.2 Å². The average molecular weight is 603 g/mol. The van der Waals surface area contributed by atoms with Crippen molar-refractivity contribution in [1.29, 1.82) is 0 Å². The molecule has 0 unspecified atom stereocenters. The van der Waals surface area contributed by atoms with Crippen molar-refractivity contribution in [3.8, 4) is 0 Å². The van der Waals surface area contributed by atoms with E-state index in [2.05, 4.69) is 10.2 Å². The van der Waals surface area contributed by atoms with Crippen LogP contribution < -0.4 is 0 Å². The minimum Gasteiger partial charge on any atom is -0.282 e. The molecule has 4 N–H and O–H groups in total. The van der Waals surface area contributed by atoms with Crippen LogP contribution in [0.5, 0.6) is 0 Å². The first-order valence-corrected chi connectivity index (χ1v) is 15.6. The lowest BCUT2D eigenvalue weighted by molar-refractivity contribution is 0.479. The van der Waals surface area contributed by atoms with Gasteiger partial charge in [-0.1, -0.05) is 12.1 Å². The molecule has 0 aliphatic heterocycles. The van der Waals surface area contributed by atoms with Crippen LogP contribution in [0, 0.1) is 0 Å². The standard InChI is InChI=1S/C20H14N2O12S4/c23-35(24,25)15-4-2-11-7-18(20(38(32,33)34)8-13(11)6-15)22-21-14-3-1-12-5-16(36(26,27)28)10-19(17(12)9-14)37(29,30)31/h1-10H,(H,23,24,25)(H,26,27,28)(H,29,30,31)(H,32,33,34). The van der Waals surface area contributed by atoms with Gasteiger partial charge in [-0.15, -0.1) is 5.11 Å². The molecule has 18 heteroatoms. The molecule has 4 aromatic carbocycles. The molecule has 14 nitrogen and oxygen atoms in total. The van der Waals surface area contributed by atoms with E-state index >= 15 is 0 Å². The molecular formula is C20H14N2O12S4. The molecule has 4 aromatic rings. The smallest absolute Gasteiger partial charge is 0.282 e. The molecule has 0 aliphatic carbocycles.